The van der Waals surface area contributed by atoms with Crippen molar-refractivity contribution in [2.75, 3.05) is 0 Å². The van der Waals surface area contributed by atoms with Crippen LogP contribution in [0.1, 0.15) is 6.92 Å². The summed E-state index contributed by atoms with van der Waals surface area (Å²) in [5.41, 5.74) is 0. The molecule has 0 heterocycles. The van der Waals surface area contributed by atoms with Crippen molar-refractivity contribution in [3.05, 3.63) is 12.2 Å². The van der Waals surface area contributed by atoms with Gasteiger partial charge in [0.15, 0.2) is 0 Å². The maximum atomic E-state index is 3.46. The summed E-state index contributed by atoms with van der Waals surface area (Å²) >= 11 is 3.46. The summed E-state index contributed by atoms with van der Waals surface area (Å²) in [7, 11) is 0. The molecule has 0 aromatic heterocycles. The molecule has 0 nitrogen and oxygen atoms in total. The summed E-state index contributed by atoms with van der Waals surface area (Å²) in [5.74, 6) is 0. The van der Waals surface area contributed by atoms with Gasteiger partial charge in [-0.15, -0.1) is 0 Å². The molecule has 1 heteroatoms. The maximum absolute atomic E-state index is 3.46. The molecule has 0 aliphatic heterocycles. The molecular formula is C4H6Fe. The van der Waals surface area contributed by atoms with Gasteiger partial charge in [0.25, 0.3) is 0 Å². The van der Waals surface area contributed by atoms with Gasteiger partial charge in [0, 0.05) is 0 Å². The van der Waals surface area contributed by atoms with E-state index in [1.807, 2.05) is 19.1 Å². The molecule has 0 aromatic rings. The molecule has 0 bridgehead atoms. The average Bonchev–Trinajstić information content (AvgIpc) is 1.41. The van der Waals surface area contributed by atoms with Crippen molar-refractivity contribution >= 4 is 4.92 Å². The summed E-state index contributed by atoms with van der Waals surface area (Å²) in [6.45, 7) is 1.96. The van der Waals surface area contributed by atoms with Crippen LogP contribution in [0.4, 0.5) is 0 Å². The molecule has 0 amide bonds. The number of rotatable bonds is 1. The Bertz CT molecular complexity index is 45.6. The molecule has 0 aromatic carbocycles. The molecule has 0 saturated heterocycles. The quantitative estimate of drug-likeness (QED) is 0.440. The van der Waals surface area contributed by atoms with Crippen LogP contribution in [0.15, 0.2) is 12.2 Å². The Hall–Kier alpha value is 0.129. The van der Waals surface area contributed by atoms with Crippen molar-refractivity contribution < 1.29 is 15.6 Å². The SMILES string of the molecule is CC=C[CH]=[Fe]. The van der Waals surface area contributed by atoms with Crippen LogP contribution >= 0.6 is 0 Å². The molecule has 0 N–H and O–H groups in total. The first-order chi connectivity index (χ1) is 2.41. The third-order valence-electron chi connectivity index (χ3n) is 0.260. The predicted octanol–water partition coefficient (Wildman–Crippen LogP) is 0.911. The van der Waals surface area contributed by atoms with Crippen LogP contribution in [0.25, 0.3) is 0 Å². The molecule has 0 aliphatic carbocycles. The number of allylic oxidation sites excluding steroid dienone is 2. The summed E-state index contributed by atoms with van der Waals surface area (Å²) < 4.78 is 0. The van der Waals surface area contributed by atoms with Gasteiger partial charge in [-0.05, 0) is 0 Å². The summed E-state index contributed by atoms with van der Waals surface area (Å²) in [5, 5.41) is 0. The van der Waals surface area contributed by atoms with Crippen molar-refractivity contribution in [2.24, 2.45) is 0 Å². The normalized spacial score (nSPS) is 9.20. The van der Waals surface area contributed by atoms with Crippen LogP contribution in [-0.4, -0.2) is 4.92 Å². The van der Waals surface area contributed by atoms with E-state index in [2.05, 4.69) is 15.6 Å². The van der Waals surface area contributed by atoms with Crippen LogP contribution in [0.2, 0.25) is 0 Å². The van der Waals surface area contributed by atoms with Crippen LogP contribution in [0, 0.1) is 0 Å². The molecule has 0 fully saturated rings. The molecule has 0 radical (unpaired) electrons. The van der Waals surface area contributed by atoms with Crippen LogP contribution in [0.3, 0.4) is 0 Å². The van der Waals surface area contributed by atoms with E-state index in [0.29, 0.717) is 0 Å². The minimum absolute atomic E-state index is 1.75. The average molecular weight is 110 g/mol. The van der Waals surface area contributed by atoms with E-state index in [4.69, 9.17) is 0 Å². The molecule has 0 aliphatic rings. The fraction of sp³-hybridized carbons (Fsp3) is 0.250. The number of hydrogen-bond donors (Lipinski definition) is 0. The van der Waals surface area contributed by atoms with Gasteiger partial charge in [0.2, 0.25) is 0 Å². The van der Waals surface area contributed by atoms with Gasteiger partial charge in [-0.1, -0.05) is 0 Å². The van der Waals surface area contributed by atoms with E-state index in [0.717, 1.165) is 0 Å². The van der Waals surface area contributed by atoms with Crippen molar-refractivity contribution in [3.8, 4) is 0 Å². The van der Waals surface area contributed by atoms with Gasteiger partial charge in [-0.2, -0.15) is 0 Å². The molecule has 0 atom stereocenters. The summed E-state index contributed by atoms with van der Waals surface area (Å²) in [6, 6.07) is 0. The van der Waals surface area contributed by atoms with E-state index in [-0.39, 0.29) is 0 Å². The standard InChI is InChI=1S/C4H6.Fe/c1-3-4-2;/h1,3-4H,2H3;. The van der Waals surface area contributed by atoms with E-state index < -0.39 is 0 Å². The first-order valence-corrected chi connectivity index (χ1v) is 2.09. The molecule has 0 saturated carbocycles. The second kappa shape index (κ2) is 4.13. The zero-order chi connectivity index (χ0) is 4.12. The van der Waals surface area contributed by atoms with Gasteiger partial charge in [0.05, 0.1) is 0 Å². The third kappa shape index (κ3) is 4.13. The van der Waals surface area contributed by atoms with E-state index >= 15 is 0 Å². The third-order valence-corrected chi connectivity index (χ3v) is 0.473. The summed E-state index contributed by atoms with van der Waals surface area (Å²) in [6.07, 6.45) is 3.83. The Kier molecular flexibility index (Phi) is 4.24. The van der Waals surface area contributed by atoms with Crippen LogP contribution in [0.5, 0.6) is 0 Å². The van der Waals surface area contributed by atoms with Crippen LogP contribution < -0.4 is 0 Å². The zero-order valence-corrected chi connectivity index (χ0v) is 4.19. The first-order valence-electron chi connectivity index (χ1n) is 1.45. The zero-order valence-electron chi connectivity index (χ0n) is 3.09. The van der Waals surface area contributed by atoms with Gasteiger partial charge >= 0.3 is 39.6 Å². The van der Waals surface area contributed by atoms with Crippen molar-refractivity contribution in [2.45, 2.75) is 6.92 Å². The molecule has 0 unspecified atom stereocenters. The Labute approximate surface area is 40.2 Å². The Morgan fingerprint density at radius 1 is 1.60 bits per heavy atom. The van der Waals surface area contributed by atoms with E-state index in [9.17, 15) is 0 Å². The van der Waals surface area contributed by atoms with Crippen molar-refractivity contribution in [3.63, 3.8) is 0 Å². The Morgan fingerprint density at radius 2 is 2.20 bits per heavy atom. The molecule has 5 heavy (non-hydrogen) atoms. The van der Waals surface area contributed by atoms with Gasteiger partial charge in [-0.3, -0.25) is 0 Å². The summed E-state index contributed by atoms with van der Waals surface area (Å²) in [4.78, 5) is 1.75. The number of hydrogen-bond acceptors (Lipinski definition) is 0. The van der Waals surface area contributed by atoms with E-state index in [1.54, 1.807) is 4.92 Å². The van der Waals surface area contributed by atoms with E-state index in [1.165, 1.54) is 0 Å². The predicted molar refractivity (Wildman–Crippen MR) is 20.9 cm³/mol. The molecule has 0 spiro atoms. The molecule has 30 valence electrons. The molecular weight excluding hydrogens is 104 g/mol. The Morgan fingerprint density at radius 3 is 2.20 bits per heavy atom. The van der Waals surface area contributed by atoms with Gasteiger partial charge in [0.1, 0.15) is 0 Å². The van der Waals surface area contributed by atoms with Gasteiger partial charge < -0.3 is 0 Å². The fourth-order valence-electron chi connectivity index (χ4n) is 0.0680. The van der Waals surface area contributed by atoms with Crippen LogP contribution in [-0.2, 0) is 15.6 Å². The first kappa shape index (κ1) is 5.13. The minimum atomic E-state index is 1.75. The fourth-order valence-corrected chi connectivity index (χ4v) is 0.281. The van der Waals surface area contributed by atoms with Gasteiger partial charge in [-0.25, -0.2) is 0 Å². The second-order valence-corrected chi connectivity index (χ2v) is 1.01. The van der Waals surface area contributed by atoms with Crippen molar-refractivity contribution in [1.82, 2.24) is 0 Å². The monoisotopic (exact) mass is 110 g/mol. The second-order valence-electron chi connectivity index (χ2n) is 0.644. The Balaban J connectivity index is 2.92. The van der Waals surface area contributed by atoms with Crippen molar-refractivity contribution in [1.29, 1.82) is 0 Å². The topological polar surface area (TPSA) is 0 Å². The molecule has 0 rings (SSSR count).